The molecule has 80 valence electrons. The summed E-state index contributed by atoms with van der Waals surface area (Å²) in [7, 11) is 2.92. The fourth-order valence-corrected chi connectivity index (χ4v) is 1.51. The van der Waals surface area contributed by atoms with Crippen LogP contribution in [0.1, 0.15) is 6.42 Å². The maximum atomic E-state index is 11.4. The van der Waals surface area contributed by atoms with Crippen LogP contribution in [0.4, 0.5) is 0 Å². The first-order chi connectivity index (χ1) is 6.69. The molecule has 0 spiro atoms. The number of nitrogens with zero attached hydrogens (tertiary/aromatic N) is 1. The highest BCUT2D eigenvalue weighted by Crippen LogP contribution is 2.18. The molecule has 0 aromatic carbocycles. The number of carbonyl (C=O) groups excluding carboxylic acids is 2. The molecule has 1 rings (SSSR count). The lowest BCUT2D eigenvalue weighted by Gasteiger charge is -2.14. The highest BCUT2D eigenvalue weighted by atomic mass is 16.5. The third-order valence-electron chi connectivity index (χ3n) is 2.31. The number of ether oxygens (including phenoxy) is 2. The zero-order valence-electron chi connectivity index (χ0n) is 8.49. The van der Waals surface area contributed by atoms with Crippen LogP contribution in [-0.4, -0.2) is 50.7 Å². The molecule has 1 atom stereocenters. The predicted octanol–water partition coefficient (Wildman–Crippen LogP) is -0.346. The summed E-state index contributed by atoms with van der Waals surface area (Å²) in [5.74, 6) is -0.611. The lowest BCUT2D eigenvalue weighted by atomic mass is 10.1. The molecule has 0 bridgehead atoms. The largest absolute Gasteiger partial charge is 0.469 e. The fraction of sp³-hybridized carbons (Fsp3) is 0.778. The molecule has 5 nitrogen and oxygen atoms in total. The molecule has 0 aromatic rings. The first kappa shape index (κ1) is 11.0. The zero-order chi connectivity index (χ0) is 10.6. The van der Waals surface area contributed by atoms with Gasteiger partial charge in [-0.1, -0.05) is 0 Å². The average molecular weight is 201 g/mol. The normalized spacial score (nSPS) is 21.4. The monoisotopic (exact) mass is 201 g/mol. The summed E-state index contributed by atoms with van der Waals surface area (Å²) < 4.78 is 9.45. The summed E-state index contributed by atoms with van der Waals surface area (Å²) in [5.41, 5.74) is 0. The molecule has 1 fully saturated rings. The molecule has 0 aromatic heterocycles. The van der Waals surface area contributed by atoms with Gasteiger partial charge in [-0.15, -0.1) is 0 Å². The van der Waals surface area contributed by atoms with Gasteiger partial charge in [0.05, 0.1) is 19.6 Å². The molecule has 0 saturated carbocycles. The van der Waals surface area contributed by atoms with E-state index < -0.39 is 0 Å². The van der Waals surface area contributed by atoms with Crippen molar-refractivity contribution in [2.45, 2.75) is 6.42 Å². The fourth-order valence-electron chi connectivity index (χ4n) is 1.51. The summed E-state index contributed by atoms with van der Waals surface area (Å²) in [4.78, 5) is 24.2. The van der Waals surface area contributed by atoms with E-state index in [9.17, 15) is 9.59 Å². The molecule has 5 heteroatoms. The maximum absolute atomic E-state index is 11.4. The van der Waals surface area contributed by atoms with E-state index in [-0.39, 0.29) is 24.2 Å². The van der Waals surface area contributed by atoms with Crippen molar-refractivity contribution >= 4 is 11.9 Å². The molecule has 0 unspecified atom stereocenters. The number of amides is 1. The molecule has 1 saturated heterocycles. The summed E-state index contributed by atoms with van der Waals surface area (Å²) in [6.07, 6.45) is 0.260. The van der Waals surface area contributed by atoms with E-state index in [4.69, 9.17) is 4.74 Å². The van der Waals surface area contributed by atoms with Crippen molar-refractivity contribution in [3.63, 3.8) is 0 Å². The van der Waals surface area contributed by atoms with Gasteiger partial charge in [0.25, 0.3) is 0 Å². The summed E-state index contributed by atoms with van der Waals surface area (Å²) >= 11 is 0. The van der Waals surface area contributed by atoms with Crippen LogP contribution in [0.25, 0.3) is 0 Å². The quantitative estimate of drug-likeness (QED) is 0.584. The van der Waals surface area contributed by atoms with Gasteiger partial charge >= 0.3 is 5.97 Å². The number of carbonyl (C=O) groups is 2. The van der Waals surface area contributed by atoms with Gasteiger partial charge in [0.1, 0.15) is 0 Å². The lowest BCUT2D eigenvalue weighted by molar-refractivity contribution is -0.145. The molecule has 0 N–H and O–H groups in total. The van der Waals surface area contributed by atoms with E-state index in [0.717, 1.165) is 0 Å². The first-order valence-corrected chi connectivity index (χ1v) is 4.53. The second-order valence-electron chi connectivity index (χ2n) is 3.26. The van der Waals surface area contributed by atoms with Crippen molar-refractivity contribution in [2.75, 3.05) is 33.9 Å². The number of esters is 1. The number of hydrogen-bond acceptors (Lipinski definition) is 4. The molecular formula is C9H15NO4. The van der Waals surface area contributed by atoms with Gasteiger partial charge in [0.15, 0.2) is 0 Å². The predicted molar refractivity (Wildman–Crippen MR) is 48.6 cm³/mol. The Hall–Kier alpha value is -1.10. The Kier molecular flexibility index (Phi) is 3.88. The van der Waals surface area contributed by atoms with Crippen molar-refractivity contribution < 1.29 is 19.1 Å². The van der Waals surface area contributed by atoms with E-state index in [1.807, 2.05) is 0 Å². The van der Waals surface area contributed by atoms with Gasteiger partial charge in [-0.05, 0) is 0 Å². The molecule has 0 aliphatic carbocycles. The first-order valence-electron chi connectivity index (χ1n) is 4.53. The van der Waals surface area contributed by atoms with Gasteiger partial charge in [-0.3, -0.25) is 9.59 Å². The highest BCUT2D eigenvalue weighted by Gasteiger charge is 2.34. The van der Waals surface area contributed by atoms with Crippen LogP contribution in [0.15, 0.2) is 0 Å². The van der Waals surface area contributed by atoms with Gasteiger partial charge < -0.3 is 14.4 Å². The standard InChI is InChI=1S/C9H15NO4/c1-13-4-3-10-6-7(5-8(10)11)9(12)14-2/h7H,3-6H2,1-2H3/t7-/m0/s1. The van der Waals surface area contributed by atoms with Gasteiger partial charge in [-0.25, -0.2) is 0 Å². The second kappa shape index (κ2) is 4.95. The Bertz CT molecular complexity index is 229. The van der Waals surface area contributed by atoms with Crippen molar-refractivity contribution in [1.82, 2.24) is 4.90 Å². The Morgan fingerprint density at radius 3 is 2.86 bits per heavy atom. The SMILES string of the molecule is COCCN1C[C@@H](C(=O)OC)CC1=O. The van der Waals surface area contributed by atoms with E-state index >= 15 is 0 Å². The van der Waals surface area contributed by atoms with Crippen LogP contribution >= 0.6 is 0 Å². The molecule has 0 radical (unpaired) electrons. The van der Waals surface area contributed by atoms with E-state index in [2.05, 4.69) is 4.74 Å². The Morgan fingerprint density at radius 2 is 2.29 bits per heavy atom. The van der Waals surface area contributed by atoms with Crippen LogP contribution in [-0.2, 0) is 19.1 Å². The Morgan fingerprint density at radius 1 is 1.57 bits per heavy atom. The number of rotatable bonds is 4. The van der Waals surface area contributed by atoms with Crippen LogP contribution < -0.4 is 0 Å². The molecule has 1 heterocycles. The molecule has 1 aliphatic heterocycles. The number of methoxy groups -OCH3 is 2. The van der Waals surface area contributed by atoms with Gasteiger partial charge in [-0.2, -0.15) is 0 Å². The van der Waals surface area contributed by atoms with Gasteiger partial charge in [0, 0.05) is 26.6 Å². The van der Waals surface area contributed by atoms with E-state index in [1.165, 1.54) is 7.11 Å². The van der Waals surface area contributed by atoms with Crippen LogP contribution in [0, 0.1) is 5.92 Å². The smallest absolute Gasteiger partial charge is 0.310 e. The third kappa shape index (κ3) is 2.45. The topological polar surface area (TPSA) is 55.8 Å². The highest BCUT2D eigenvalue weighted by molar-refractivity contribution is 5.86. The molecule has 14 heavy (non-hydrogen) atoms. The van der Waals surface area contributed by atoms with Crippen LogP contribution in [0.2, 0.25) is 0 Å². The third-order valence-corrected chi connectivity index (χ3v) is 2.31. The average Bonchev–Trinajstić information content (AvgIpc) is 2.56. The number of hydrogen-bond donors (Lipinski definition) is 0. The molecular weight excluding hydrogens is 186 g/mol. The van der Waals surface area contributed by atoms with Gasteiger partial charge in [0.2, 0.25) is 5.91 Å². The van der Waals surface area contributed by atoms with Crippen molar-refractivity contribution in [1.29, 1.82) is 0 Å². The Labute approximate surface area is 83.0 Å². The van der Waals surface area contributed by atoms with Crippen molar-refractivity contribution in [3.8, 4) is 0 Å². The second-order valence-corrected chi connectivity index (χ2v) is 3.26. The molecule has 1 amide bonds. The van der Waals surface area contributed by atoms with Crippen molar-refractivity contribution in [2.24, 2.45) is 5.92 Å². The van der Waals surface area contributed by atoms with Crippen LogP contribution in [0.3, 0.4) is 0 Å². The summed E-state index contributed by atoms with van der Waals surface area (Å²) in [6, 6.07) is 0. The van der Waals surface area contributed by atoms with Crippen molar-refractivity contribution in [3.05, 3.63) is 0 Å². The van der Waals surface area contributed by atoms with Crippen LogP contribution in [0.5, 0.6) is 0 Å². The summed E-state index contributed by atoms with van der Waals surface area (Å²) in [6.45, 7) is 1.50. The van der Waals surface area contributed by atoms with E-state index in [0.29, 0.717) is 19.7 Å². The maximum Gasteiger partial charge on any atom is 0.310 e. The Balaban J connectivity index is 2.43. The minimum atomic E-state index is -0.307. The minimum absolute atomic E-state index is 0.00236. The molecule has 1 aliphatic rings. The zero-order valence-corrected chi connectivity index (χ0v) is 8.49. The number of likely N-dealkylation sites (tertiary alicyclic amines) is 1. The van der Waals surface area contributed by atoms with E-state index in [1.54, 1.807) is 12.0 Å². The minimum Gasteiger partial charge on any atom is -0.469 e. The summed E-state index contributed by atoms with van der Waals surface area (Å²) in [5, 5.41) is 0. The lowest BCUT2D eigenvalue weighted by Crippen LogP contribution is -2.29.